The van der Waals surface area contributed by atoms with Gasteiger partial charge in [0.2, 0.25) is 0 Å². The summed E-state index contributed by atoms with van der Waals surface area (Å²) in [5, 5.41) is 4.73. The maximum Gasteiger partial charge on any atom is 0.154 e. The van der Waals surface area contributed by atoms with Crippen molar-refractivity contribution >= 4 is 21.6 Å². The molecule has 0 saturated carbocycles. The predicted octanol–water partition coefficient (Wildman–Crippen LogP) is 4.41. The molecule has 114 valence electrons. The van der Waals surface area contributed by atoms with Crippen LogP contribution < -0.4 is 0 Å². The maximum atomic E-state index is 4.73. The molecule has 0 bridgehead atoms. The van der Waals surface area contributed by atoms with Gasteiger partial charge in [-0.25, -0.2) is 14.6 Å². The normalized spacial score (nSPS) is 11.2. The fourth-order valence-corrected chi connectivity index (χ4v) is 3.36. The van der Waals surface area contributed by atoms with Gasteiger partial charge in [0.25, 0.3) is 0 Å². The molecule has 1 aromatic carbocycles. The molecule has 3 heterocycles. The Morgan fingerprint density at radius 2 is 2.04 bits per heavy atom. The Kier molecular flexibility index (Phi) is 3.42. The summed E-state index contributed by atoms with van der Waals surface area (Å²) >= 11 is 1.66. The van der Waals surface area contributed by atoms with Gasteiger partial charge in [0.05, 0.1) is 27.1 Å². The highest BCUT2D eigenvalue weighted by Crippen LogP contribution is 2.28. The van der Waals surface area contributed by atoms with E-state index in [9.17, 15) is 0 Å². The highest BCUT2D eigenvalue weighted by atomic mass is 32.1. The molecule has 0 atom stereocenters. The summed E-state index contributed by atoms with van der Waals surface area (Å²) in [5.74, 6) is 0.851. The summed E-state index contributed by atoms with van der Waals surface area (Å²) in [6.07, 6.45) is 0.897. The van der Waals surface area contributed by atoms with Crippen LogP contribution in [0.1, 0.15) is 18.3 Å². The Balaban J connectivity index is 1.91. The quantitative estimate of drug-likeness (QED) is 0.561. The second-order valence-electron chi connectivity index (χ2n) is 5.46. The van der Waals surface area contributed by atoms with Crippen LogP contribution in [0.5, 0.6) is 0 Å². The van der Waals surface area contributed by atoms with Crippen LogP contribution in [0.4, 0.5) is 0 Å². The van der Waals surface area contributed by atoms with Crippen LogP contribution in [0, 0.1) is 6.92 Å². The van der Waals surface area contributed by atoms with Gasteiger partial charge in [-0.1, -0.05) is 19.1 Å². The van der Waals surface area contributed by atoms with E-state index in [4.69, 9.17) is 5.10 Å². The maximum absolute atomic E-state index is 4.73. The molecular formula is C18H16N4S. The van der Waals surface area contributed by atoms with Crippen LogP contribution in [-0.2, 0) is 6.42 Å². The summed E-state index contributed by atoms with van der Waals surface area (Å²) in [6, 6.07) is 14.5. The lowest BCUT2D eigenvalue weighted by Gasteiger charge is -2.07. The number of aromatic nitrogens is 4. The average molecular weight is 320 g/mol. The zero-order valence-electron chi connectivity index (χ0n) is 13.0. The van der Waals surface area contributed by atoms with E-state index < -0.39 is 0 Å². The number of rotatable bonds is 3. The topological polar surface area (TPSA) is 43.6 Å². The zero-order chi connectivity index (χ0) is 15.8. The summed E-state index contributed by atoms with van der Waals surface area (Å²) in [5.41, 5.74) is 7.17. The van der Waals surface area contributed by atoms with Crippen molar-refractivity contribution < 1.29 is 0 Å². The Bertz CT molecular complexity index is 984. The number of pyridine rings is 1. The monoisotopic (exact) mass is 320 g/mol. The summed E-state index contributed by atoms with van der Waals surface area (Å²) in [6.45, 7) is 4.11. The molecule has 0 spiro atoms. The standard InChI is InChI=1S/C18H16N4S/c1-3-14-10-16(13-7-8-15-17(9-13)23-11-19-15)22(21-14)18-6-4-5-12(2)20-18/h4-11H,3H2,1-2H3. The first-order chi connectivity index (χ1) is 11.2. The molecule has 4 rings (SSSR count). The van der Waals surface area contributed by atoms with Crippen LogP contribution in [0.2, 0.25) is 0 Å². The van der Waals surface area contributed by atoms with Crippen molar-refractivity contribution in [1.29, 1.82) is 0 Å². The molecule has 4 aromatic rings. The lowest BCUT2D eigenvalue weighted by Crippen LogP contribution is -2.03. The molecule has 0 aliphatic heterocycles. The van der Waals surface area contributed by atoms with Crippen molar-refractivity contribution in [2.45, 2.75) is 20.3 Å². The summed E-state index contributed by atoms with van der Waals surface area (Å²) < 4.78 is 3.12. The Morgan fingerprint density at radius 3 is 2.87 bits per heavy atom. The predicted molar refractivity (Wildman–Crippen MR) is 94.1 cm³/mol. The lowest BCUT2D eigenvalue weighted by molar-refractivity contribution is 0.817. The fraction of sp³-hybridized carbons (Fsp3) is 0.167. The number of hydrogen-bond acceptors (Lipinski definition) is 4. The first-order valence-electron chi connectivity index (χ1n) is 7.61. The third-order valence-electron chi connectivity index (χ3n) is 3.84. The van der Waals surface area contributed by atoms with Gasteiger partial charge in [0.1, 0.15) is 0 Å². The smallest absolute Gasteiger partial charge is 0.154 e. The minimum atomic E-state index is 0.851. The molecule has 5 heteroatoms. The van der Waals surface area contributed by atoms with E-state index in [1.807, 2.05) is 35.3 Å². The number of nitrogens with zero attached hydrogens (tertiary/aromatic N) is 4. The third-order valence-corrected chi connectivity index (χ3v) is 4.63. The Labute approximate surface area is 138 Å². The second-order valence-corrected chi connectivity index (χ2v) is 6.34. The molecule has 23 heavy (non-hydrogen) atoms. The van der Waals surface area contributed by atoms with Crippen LogP contribution in [0.15, 0.2) is 48.0 Å². The molecule has 0 unspecified atom stereocenters. The minimum absolute atomic E-state index is 0.851. The molecule has 0 N–H and O–H groups in total. The van der Waals surface area contributed by atoms with Crippen LogP contribution in [0.3, 0.4) is 0 Å². The van der Waals surface area contributed by atoms with Crippen molar-refractivity contribution in [3.05, 3.63) is 59.4 Å². The van der Waals surface area contributed by atoms with Crippen LogP contribution >= 0.6 is 11.3 Å². The number of benzene rings is 1. The largest absolute Gasteiger partial charge is 0.245 e. The van der Waals surface area contributed by atoms with Gasteiger partial charge >= 0.3 is 0 Å². The molecule has 0 aliphatic rings. The van der Waals surface area contributed by atoms with Crippen molar-refractivity contribution in [2.75, 3.05) is 0 Å². The lowest BCUT2D eigenvalue weighted by atomic mass is 10.1. The molecule has 4 nitrogen and oxygen atoms in total. The van der Waals surface area contributed by atoms with E-state index in [1.165, 1.54) is 4.70 Å². The van der Waals surface area contributed by atoms with E-state index in [-0.39, 0.29) is 0 Å². The highest BCUT2D eigenvalue weighted by Gasteiger charge is 2.13. The highest BCUT2D eigenvalue weighted by molar-refractivity contribution is 7.16. The molecular weight excluding hydrogens is 304 g/mol. The van der Waals surface area contributed by atoms with Crippen molar-refractivity contribution in [2.24, 2.45) is 0 Å². The molecule has 3 aromatic heterocycles. The van der Waals surface area contributed by atoms with Crippen molar-refractivity contribution in [3.8, 4) is 17.1 Å². The Hall–Kier alpha value is -2.53. The van der Waals surface area contributed by atoms with Gasteiger partial charge in [-0.2, -0.15) is 5.10 Å². The molecule has 0 radical (unpaired) electrons. The van der Waals surface area contributed by atoms with E-state index in [2.05, 4.69) is 41.2 Å². The molecule has 0 aliphatic carbocycles. The molecule has 0 amide bonds. The summed E-state index contributed by atoms with van der Waals surface area (Å²) in [7, 11) is 0. The van der Waals surface area contributed by atoms with Gasteiger partial charge in [0.15, 0.2) is 5.82 Å². The third kappa shape index (κ3) is 2.53. The Morgan fingerprint density at radius 1 is 1.13 bits per heavy atom. The van der Waals surface area contributed by atoms with Gasteiger partial charge in [-0.3, -0.25) is 0 Å². The van der Waals surface area contributed by atoms with Gasteiger partial charge in [-0.05, 0) is 43.7 Å². The number of fused-ring (bicyclic) bond motifs is 1. The average Bonchev–Trinajstić information content (AvgIpc) is 3.20. The van der Waals surface area contributed by atoms with Gasteiger partial charge in [-0.15, -0.1) is 11.3 Å². The number of hydrogen-bond donors (Lipinski definition) is 0. The summed E-state index contributed by atoms with van der Waals surface area (Å²) in [4.78, 5) is 8.97. The van der Waals surface area contributed by atoms with Crippen LogP contribution in [0.25, 0.3) is 27.3 Å². The number of thiazole rings is 1. The van der Waals surface area contributed by atoms with E-state index in [1.54, 1.807) is 11.3 Å². The van der Waals surface area contributed by atoms with E-state index >= 15 is 0 Å². The SMILES string of the molecule is CCc1cc(-c2ccc3ncsc3c2)n(-c2cccc(C)n2)n1. The molecule has 0 saturated heterocycles. The van der Waals surface area contributed by atoms with Gasteiger partial charge in [0, 0.05) is 11.3 Å². The first-order valence-corrected chi connectivity index (χ1v) is 8.49. The number of aryl methyl sites for hydroxylation is 2. The van der Waals surface area contributed by atoms with E-state index in [0.29, 0.717) is 0 Å². The van der Waals surface area contributed by atoms with Crippen LogP contribution in [-0.4, -0.2) is 19.7 Å². The van der Waals surface area contributed by atoms with Crippen molar-refractivity contribution in [3.63, 3.8) is 0 Å². The van der Waals surface area contributed by atoms with Crippen molar-refractivity contribution in [1.82, 2.24) is 19.7 Å². The zero-order valence-corrected chi connectivity index (χ0v) is 13.8. The van der Waals surface area contributed by atoms with Gasteiger partial charge < -0.3 is 0 Å². The second kappa shape index (κ2) is 5.59. The fourth-order valence-electron chi connectivity index (χ4n) is 2.64. The minimum Gasteiger partial charge on any atom is -0.245 e. The first kappa shape index (κ1) is 14.1. The van der Waals surface area contributed by atoms with E-state index in [0.717, 1.165) is 40.4 Å². The molecule has 0 fully saturated rings.